The molecule has 0 spiro atoms. The lowest BCUT2D eigenvalue weighted by molar-refractivity contribution is 0.284. The smallest absolute Gasteiger partial charge is 0.174 e. The van der Waals surface area contributed by atoms with Crippen LogP contribution < -0.4 is 18.9 Å². The molecule has 6 heteroatoms. The SMILES string of the molecule is COc1cc2c(cc1OCc1ccccc1)C(Cc1cc(Br)c(OC)c(OC)c1)=NCC2. The van der Waals surface area contributed by atoms with Crippen molar-refractivity contribution in [1.29, 1.82) is 0 Å². The summed E-state index contributed by atoms with van der Waals surface area (Å²) in [5.74, 6) is 2.84. The zero-order valence-corrected chi connectivity index (χ0v) is 20.1. The molecule has 0 aliphatic carbocycles. The molecule has 4 rings (SSSR count). The molecule has 0 atom stereocenters. The number of methoxy groups -OCH3 is 3. The van der Waals surface area contributed by atoms with Crippen LogP contribution in [0.15, 0.2) is 64.1 Å². The van der Waals surface area contributed by atoms with Gasteiger partial charge in [-0.3, -0.25) is 4.99 Å². The van der Waals surface area contributed by atoms with Crippen LogP contribution in [-0.2, 0) is 19.4 Å². The first kappa shape index (κ1) is 22.2. The van der Waals surface area contributed by atoms with Crippen LogP contribution in [0.3, 0.4) is 0 Å². The van der Waals surface area contributed by atoms with Crippen LogP contribution in [0.2, 0.25) is 0 Å². The summed E-state index contributed by atoms with van der Waals surface area (Å²) in [6.07, 6.45) is 1.56. The standard InChI is InChI=1S/C26H26BrNO4/c1-29-23-14-19-9-10-28-22(12-18-11-21(27)26(31-3)25(13-18)30-2)20(19)15-24(23)32-16-17-7-5-4-6-8-17/h4-8,11,13-15H,9-10,12,16H2,1-3H3. The average molecular weight is 496 g/mol. The van der Waals surface area contributed by atoms with Gasteiger partial charge < -0.3 is 18.9 Å². The van der Waals surface area contributed by atoms with E-state index in [1.54, 1.807) is 21.3 Å². The second-order valence-electron chi connectivity index (χ2n) is 7.50. The molecule has 0 saturated carbocycles. The molecule has 0 bridgehead atoms. The van der Waals surface area contributed by atoms with Crippen LogP contribution >= 0.6 is 15.9 Å². The van der Waals surface area contributed by atoms with Gasteiger partial charge in [-0.2, -0.15) is 0 Å². The lowest BCUT2D eigenvalue weighted by Crippen LogP contribution is -2.16. The van der Waals surface area contributed by atoms with Gasteiger partial charge >= 0.3 is 0 Å². The first-order valence-corrected chi connectivity index (χ1v) is 11.2. The fourth-order valence-corrected chi connectivity index (χ4v) is 4.55. The summed E-state index contributed by atoms with van der Waals surface area (Å²) in [5.41, 5.74) is 5.54. The minimum atomic E-state index is 0.477. The highest BCUT2D eigenvalue weighted by Crippen LogP contribution is 2.38. The van der Waals surface area contributed by atoms with Gasteiger partial charge in [0.05, 0.1) is 25.8 Å². The van der Waals surface area contributed by atoms with Gasteiger partial charge in [0, 0.05) is 24.2 Å². The molecule has 0 radical (unpaired) electrons. The van der Waals surface area contributed by atoms with E-state index in [0.29, 0.717) is 24.5 Å². The molecular weight excluding hydrogens is 470 g/mol. The van der Waals surface area contributed by atoms with Crippen LogP contribution in [0.5, 0.6) is 23.0 Å². The zero-order chi connectivity index (χ0) is 22.5. The minimum Gasteiger partial charge on any atom is -0.493 e. The highest BCUT2D eigenvalue weighted by Gasteiger charge is 2.20. The number of halogens is 1. The van der Waals surface area contributed by atoms with Crippen molar-refractivity contribution in [3.05, 3.63) is 81.3 Å². The maximum absolute atomic E-state index is 6.14. The number of fused-ring (bicyclic) bond motifs is 1. The topological polar surface area (TPSA) is 49.3 Å². The van der Waals surface area contributed by atoms with Gasteiger partial charge in [-0.15, -0.1) is 0 Å². The van der Waals surface area contributed by atoms with Gasteiger partial charge in [0.1, 0.15) is 6.61 Å². The Balaban J connectivity index is 1.63. The van der Waals surface area contributed by atoms with Crippen molar-refractivity contribution in [1.82, 2.24) is 0 Å². The number of nitrogens with zero attached hydrogens (tertiary/aromatic N) is 1. The highest BCUT2D eigenvalue weighted by atomic mass is 79.9. The summed E-state index contributed by atoms with van der Waals surface area (Å²) in [7, 11) is 4.95. The summed E-state index contributed by atoms with van der Waals surface area (Å²) >= 11 is 3.59. The molecule has 3 aromatic rings. The summed E-state index contributed by atoms with van der Waals surface area (Å²) < 4.78 is 23.6. The monoisotopic (exact) mass is 495 g/mol. The molecule has 0 aromatic heterocycles. The van der Waals surface area contributed by atoms with Crippen molar-refractivity contribution in [2.24, 2.45) is 4.99 Å². The molecule has 32 heavy (non-hydrogen) atoms. The van der Waals surface area contributed by atoms with Crippen LogP contribution in [0.1, 0.15) is 22.3 Å². The van der Waals surface area contributed by atoms with Crippen LogP contribution in [-0.4, -0.2) is 33.6 Å². The normalized spacial score (nSPS) is 12.6. The van der Waals surface area contributed by atoms with E-state index in [1.165, 1.54) is 5.56 Å². The summed E-state index contributed by atoms with van der Waals surface area (Å²) in [5, 5.41) is 0. The number of hydrogen-bond donors (Lipinski definition) is 0. The Morgan fingerprint density at radius 1 is 0.844 bits per heavy atom. The van der Waals surface area contributed by atoms with Crippen molar-refractivity contribution in [2.75, 3.05) is 27.9 Å². The van der Waals surface area contributed by atoms with E-state index < -0.39 is 0 Å². The third kappa shape index (κ3) is 4.75. The van der Waals surface area contributed by atoms with E-state index in [1.807, 2.05) is 36.4 Å². The Morgan fingerprint density at radius 2 is 1.62 bits per heavy atom. The van der Waals surface area contributed by atoms with Crippen molar-refractivity contribution in [2.45, 2.75) is 19.4 Å². The van der Waals surface area contributed by atoms with Gasteiger partial charge in [-0.05, 0) is 63.3 Å². The molecular formula is C26H26BrNO4. The van der Waals surface area contributed by atoms with E-state index in [4.69, 9.17) is 23.9 Å². The van der Waals surface area contributed by atoms with Crippen molar-refractivity contribution in [3.63, 3.8) is 0 Å². The third-order valence-corrected chi connectivity index (χ3v) is 6.08. The second kappa shape index (κ2) is 10.1. The number of rotatable bonds is 8. The van der Waals surface area contributed by atoms with E-state index in [9.17, 15) is 0 Å². The molecule has 1 aliphatic heterocycles. The highest BCUT2D eigenvalue weighted by molar-refractivity contribution is 9.10. The Labute approximate surface area is 197 Å². The Kier molecular flexibility index (Phi) is 7.00. The molecule has 0 fully saturated rings. The molecule has 166 valence electrons. The fraction of sp³-hybridized carbons (Fsp3) is 0.269. The number of hydrogen-bond acceptors (Lipinski definition) is 5. The fourth-order valence-electron chi connectivity index (χ4n) is 3.90. The van der Waals surface area contributed by atoms with E-state index >= 15 is 0 Å². The van der Waals surface area contributed by atoms with Crippen molar-refractivity contribution < 1.29 is 18.9 Å². The molecule has 0 unspecified atom stereocenters. The predicted molar refractivity (Wildman–Crippen MR) is 130 cm³/mol. The molecule has 3 aromatic carbocycles. The number of aliphatic imine (C=N–C) groups is 1. The predicted octanol–water partition coefficient (Wildman–Crippen LogP) is 5.64. The summed E-state index contributed by atoms with van der Waals surface area (Å²) in [4.78, 5) is 4.84. The Hall–Kier alpha value is -2.99. The van der Waals surface area contributed by atoms with Crippen LogP contribution in [0.4, 0.5) is 0 Å². The molecule has 1 heterocycles. The molecule has 0 saturated heterocycles. The molecule has 5 nitrogen and oxygen atoms in total. The van der Waals surface area contributed by atoms with E-state index in [-0.39, 0.29) is 0 Å². The minimum absolute atomic E-state index is 0.477. The van der Waals surface area contributed by atoms with Crippen molar-refractivity contribution in [3.8, 4) is 23.0 Å². The first-order chi connectivity index (χ1) is 15.6. The first-order valence-electron chi connectivity index (χ1n) is 10.4. The van der Waals surface area contributed by atoms with Crippen LogP contribution in [0.25, 0.3) is 0 Å². The maximum Gasteiger partial charge on any atom is 0.174 e. The van der Waals surface area contributed by atoms with Gasteiger partial charge in [0.2, 0.25) is 0 Å². The second-order valence-corrected chi connectivity index (χ2v) is 8.36. The van der Waals surface area contributed by atoms with Gasteiger partial charge in [0.25, 0.3) is 0 Å². The Bertz CT molecular complexity index is 1130. The molecule has 1 aliphatic rings. The molecule has 0 N–H and O–H groups in total. The number of benzene rings is 3. The van der Waals surface area contributed by atoms with E-state index in [0.717, 1.165) is 51.3 Å². The maximum atomic E-state index is 6.14. The average Bonchev–Trinajstić information content (AvgIpc) is 2.82. The molecule has 0 amide bonds. The summed E-state index contributed by atoms with van der Waals surface area (Å²) in [6.45, 7) is 1.23. The third-order valence-electron chi connectivity index (χ3n) is 5.49. The zero-order valence-electron chi connectivity index (χ0n) is 18.5. The largest absolute Gasteiger partial charge is 0.493 e. The summed E-state index contributed by atoms with van der Waals surface area (Å²) in [6, 6.07) is 18.3. The lowest BCUT2D eigenvalue weighted by atomic mass is 9.93. The van der Waals surface area contributed by atoms with Crippen LogP contribution in [0, 0.1) is 0 Å². The quantitative estimate of drug-likeness (QED) is 0.405. The number of ether oxygens (including phenoxy) is 4. The van der Waals surface area contributed by atoms with Gasteiger partial charge in [-0.25, -0.2) is 0 Å². The lowest BCUT2D eigenvalue weighted by Gasteiger charge is -2.21. The van der Waals surface area contributed by atoms with E-state index in [2.05, 4.69) is 34.1 Å². The van der Waals surface area contributed by atoms with Gasteiger partial charge in [-0.1, -0.05) is 30.3 Å². The Morgan fingerprint density at radius 3 is 2.34 bits per heavy atom. The van der Waals surface area contributed by atoms with Crippen molar-refractivity contribution >= 4 is 21.6 Å². The van der Waals surface area contributed by atoms with Gasteiger partial charge in [0.15, 0.2) is 23.0 Å².